The predicted molar refractivity (Wildman–Crippen MR) is 88.3 cm³/mol. The van der Waals surface area contributed by atoms with Crippen LogP contribution in [0.2, 0.25) is 0 Å². The molecule has 0 saturated heterocycles. The third-order valence-corrected chi connectivity index (χ3v) is 3.89. The number of hydrogen-bond donors (Lipinski definition) is 1. The normalized spacial score (nSPS) is 13.4. The summed E-state index contributed by atoms with van der Waals surface area (Å²) in [5.41, 5.74) is 2.21. The number of para-hydroxylation sites is 1. The van der Waals surface area contributed by atoms with Crippen molar-refractivity contribution >= 4 is 11.6 Å². The number of benzene rings is 2. The smallest absolute Gasteiger partial charge is 0.227 e. The van der Waals surface area contributed by atoms with Gasteiger partial charge in [0, 0.05) is 11.6 Å². The van der Waals surface area contributed by atoms with Crippen LogP contribution in [0.5, 0.6) is 0 Å². The Bertz CT molecular complexity index is 550. The molecular weight excluding hydrogens is 258 g/mol. The molecule has 2 aromatic carbocycles. The van der Waals surface area contributed by atoms with Crippen molar-refractivity contribution in [3.05, 3.63) is 66.2 Å². The van der Waals surface area contributed by atoms with Gasteiger partial charge in [0.2, 0.25) is 5.91 Å². The Morgan fingerprint density at radius 1 is 0.905 bits per heavy atom. The fourth-order valence-electron chi connectivity index (χ4n) is 2.37. The second-order valence-corrected chi connectivity index (χ2v) is 5.65. The Morgan fingerprint density at radius 2 is 1.48 bits per heavy atom. The van der Waals surface area contributed by atoms with Gasteiger partial charge in [-0.05, 0) is 36.5 Å². The molecular formula is C19H23NO. The second kappa shape index (κ2) is 7.63. The first-order valence-electron chi connectivity index (χ1n) is 7.57. The van der Waals surface area contributed by atoms with Crippen LogP contribution in [0.25, 0.3) is 0 Å². The second-order valence-electron chi connectivity index (χ2n) is 5.65. The van der Waals surface area contributed by atoms with Gasteiger partial charge >= 0.3 is 0 Å². The maximum atomic E-state index is 12.2. The van der Waals surface area contributed by atoms with Crippen molar-refractivity contribution in [2.45, 2.75) is 32.6 Å². The van der Waals surface area contributed by atoms with E-state index in [0.717, 1.165) is 18.5 Å². The van der Waals surface area contributed by atoms with Gasteiger partial charge in [-0.1, -0.05) is 62.4 Å². The molecule has 0 fully saturated rings. The van der Waals surface area contributed by atoms with Gasteiger partial charge in [-0.2, -0.15) is 0 Å². The van der Waals surface area contributed by atoms with Crippen molar-refractivity contribution in [1.29, 1.82) is 0 Å². The van der Waals surface area contributed by atoms with Crippen LogP contribution in [0.3, 0.4) is 0 Å². The molecule has 0 aliphatic carbocycles. The van der Waals surface area contributed by atoms with Gasteiger partial charge in [0.25, 0.3) is 0 Å². The summed E-state index contributed by atoms with van der Waals surface area (Å²) in [5.74, 6) is 0.607. The highest BCUT2D eigenvalue weighted by atomic mass is 16.1. The minimum atomic E-state index is 0.0244. The molecule has 0 aliphatic heterocycles. The summed E-state index contributed by atoms with van der Waals surface area (Å²) in [7, 11) is 0. The molecule has 2 rings (SSSR count). The third-order valence-electron chi connectivity index (χ3n) is 3.89. The number of hydrogen-bond acceptors (Lipinski definition) is 1. The first kappa shape index (κ1) is 15.3. The average molecular weight is 281 g/mol. The number of anilines is 1. The van der Waals surface area contributed by atoms with E-state index in [4.69, 9.17) is 0 Å². The van der Waals surface area contributed by atoms with Crippen LogP contribution >= 0.6 is 0 Å². The summed E-state index contributed by atoms with van der Waals surface area (Å²) < 4.78 is 0. The zero-order valence-electron chi connectivity index (χ0n) is 12.8. The maximum absolute atomic E-state index is 12.2. The van der Waals surface area contributed by atoms with E-state index >= 15 is 0 Å². The monoisotopic (exact) mass is 281 g/mol. The Kier molecular flexibility index (Phi) is 5.56. The van der Waals surface area contributed by atoms with Gasteiger partial charge in [0.15, 0.2) is 0 Å². The van der Waals surface area contributed by atoms with Gasteiger partial charge in [0.05, 0.1) is 0 Å². The molecule has 0 saturated carbocycles. The Labute approximate surface area is 127 Å². The Balaban J connectivity index is 1.81. The maximum Gasteiger partial charge on any atom is 0.227 e. The first-order chi connectivity index (χ1) is 10.2. The summed E-state index contributed by atoms with van der Waals surface area (Å²) in [4.78, 5) is 12.2. The van der Waals surface area contributed by atoms with Crippen LogP contribution in [0.15, 0.2) is 60.7 Å². The van der Waals surface area contributed by atoms with Gasteiger partial charge in [-0.25, -0.2) is 0 Å². The summed E-state index contributed by atoms with van der Waals surface area (Å²) in [5, 5.41) is 2.97. The van der Waals surface area contributed by atoms with Crippen molar-refractivity contribution in [2.24, 2.45) is 5.92 Å². The predicted octanol–water partition coefficient (Wildman–Crippen LogP) is 4.85. The molecule has 0 heterocycles. The molecule has 0 radical (unpaired) electrons. The number of carbonyl (C=O) groups excluding carboxylic acids is 1. The lowest BCUT2D eigenvalue weighted by Crippen LogP contribution is -2.20. The lowest BCUT2D eigenvalue weighted by molar-refractivity contribution is -0.119. The third kappa shape index (κ3) is 4.75. The molecule has 2 heteroatoms. The molecule has 110 valence electrons. The fourth-order valence-corrected chi connectivity index (χ4v) is 2.37. The molecule has 2 nitrogen and oxygen atoms in total. The van der Waals surface area contributed by atoms with Crippen molar-refractivity contribution in [2.75, 3.05) is 5.32 Å². The summed E-state index contributed by atoms with van der Waals surface area (Å²) in [6, 6.07) is 20.1. The number of amides is 1. The van der Waals surface area contributed by atoms with Crippen molar-refractivity contribution in [1.82, 2.24) is 0 Å². The zero-order valence-corrected chi connectivity index (χ0v) is 12.8. The van der Waals surface area contributed by atoms with Crippen LogP contribution < -0.4 is 5.32 Å². The lowest BCUT2D eigenvalue weighted by atomic mass is 9.92. The van der Waals surface area contributed by atoms with E-state index in [2.05, 4.69) is 36.5 Å². The Morgan fingerprint density at radius 3 is 2.10 bits per heavy atom. The van der Waals surface area contributed by atoms with Crippen molar-refractivity contribution in [3.63, 3.8) is 0 Å². The number of nitrogens with one attached hydrogen (secondary N) is 1. The Hall–Kier alpha value is -2.09. The quantitative estimate of drug-likeness (QED) is 0.806. The lowest BCUT2D eigenvalue weighted by Gasteiger charge is -2.16. The van der Waals surface area contributed by atoms with Gasteiger partial charge in [-0.15, -0.1) is 0 Å². The molecule has 0 aromatic heterocycles. The van der Waals surface area contributed by atoms with E-state index in [1.54, 1.807) is 0 Å². The van der Waals surface area contributed by atoms with E-state index in [9.17, 15) is 4.79 Å². The largest absolute Gasteiger partial charge is 0.326 e. The molecule has 0 unspecified atom stereocenters. The number of rotatable bonds is 6. The van der Waals surface area contributed by atoms with Crippen molar-refractivity contribution < 1.29 is 4.79 Å². The first-order valence-corrected chi connectivity index (χ1v) is 7.57. The van der Waals surface area contributed by atoms with E-state index < -0.39 is 0 Å². The van der Waals surface area contributed by atoms with E-state index in [1.807, 2.05) is 43.3 Å². The van der Waals surface area contributed by atoms with Crippen LogP contribution in [-0.2, 0) is 4.79 Å². The molecule has 0 aliphatic rings. The molecule has 21 heavy (non-hydrogen) atoms. The fraction of sp³-hybridized carbons (Fsp3) is 0.316. The summed E-state index contributed by atoms with van der Waals surface area (Å²) in [6.07, 6.45) is 1.92. The average Bonchev–Trinajstić information content (AvgIpc) is 2.54. The number of carbonyl (C=O) groups is 1. The highest BCUT2D eigenvalue weighted by Gasteiger charge is 2.15. The van der Waals surface area contributed by atoms with Crippen molar-refractivity contribution in [3.8, 4) is 0 Å². The van der Waals surface area contributed by atoms with Gasteiger partial charge < -0.3 is 5.32 Å². The molecule has 2 aromatic rings. The molecule has 1 amide bonds. The van der Waals surface area contributed by atoms with E-state index in [0.29, 0.717) is 5.92 Å². The van der Waals surface area contributed by atoms with Crippen LogP contribution in [-0.4, -0.2) is 5.91 Å². The van der Waals surface area contributed by atoms with Crippen LogP contribution in [0.1, 0.15) is 38.2 Å². The molecule has 0 bridgehead atoms. The van der Waals surface area contributed by atoms with Gasteiger partial charge in [-0.3, -0.25) is 4.79 Å². The van der Waals surface area contributed by atoms with Crippen LogP contribution in [0.4, 0.5) is 5.69 Å². The minimum Gasteiger partial charge on any atom is -0.326 e. The molecule has 1 N–H and O–H groups in total. The van der Waals surface area contributed by atoms with Gasteiger partial charge in [0.1, 0.15) is 0 Å². The SMILES string of the molecule is C[C@H](CC[C@H](C)c1ccccc1)C(=O)Nc1ccccc1. The molecule has 0 spiro atoms. The highest BCUT2D eigenvalue weighted by molar-refractivity contribution is 5.92. The van der Waals surface area contributed by atoms with Crippen LogP contribution in [0, 0.1) is 5.92 Å². The minimum absolute atomic E-state index is 0.0244. The zero-order chi connectivity index (χ0) is 15.1. The standard InChI is InChI=1S/C19H23NO/c1-15(17-9-5-3-6-10-17)13-14-16(2)19(21)20-18-11-7-4-8-12-18/h3-12,15-16H,13-14H2,1-2H3,(H,20,21)/t15-,16+/m0/s1. The summed E-state index contributed by atoms with van der Waals surface area (Å²) in [6.45, 7) is 4.22. The molecule has 2 atom stereocenters. The topological polar surface area (TPSA) is 29.1 Å². The van der Waals surface area contributed by atoms with E-state index in [1.165, 1.54) is 5.56 Å². The highest BCUT2D eigenvalue weighted by Crippen LogP contribution is 2.23. The summed E-state index contributed by atoms with van der Waals surface area (Å²) >= 11 is 0. The van der Waals surface area contributed by atoms with E-state index in [-0.39, 0.29) is 11.8 Å².